The van der Waals surface area contributed by atoms with Crippen LogP contribution < -0.4 is 4.90 Å². The number of carbonyl (C=O) groups is 2. The third-order valence-electron chi connectivity index (χ3n) is 3.02. The van der Waals surface area contributed by atoms with Crippen molar-refractivity contribution in [2.24, 2.45) is 0 Å². The second-order valence-corrected chi connectivity index (χ2v) is 5.58. The molecule has 0 saturated carbocycles. The van der Waals surface area contributed by atoms with Crippen LogP contribution in [0.1, 0.15) is 0 Å². The van der Waals surface area contributed by atoms with Crippen LogP contribution in [0.5, 0.6) is 0 Å². The number of nitro groups is 1. The number of hydrogen-bond acceptors (Lipinski definition) is 5. The number of carboxylic acid groups (broad SMARTS) is 1. The Morgan fingerprint density at radius 1 is 1.52 bits per heavy atom. The van der Waals surface area contributed by atoms with Crippen molar-refractivity contribution >= 4 is 35.1 Å². The van der Waals surface area contributed by atoms with Crippen LogP contribution in [-0.4, -0.2) is 52.8 Å². The highest BCUT2D eigenvalue weighted by molar-refractivity contribution is 7.99. The van der Waals surface area contributed by atoms with Gasteiger partial charge in [0.25, 0.3) is 5.69 Å². The van der Waals surface area contributed by atoms with Gasteiger partial charge in [-0.2, -0.15) is 0 Å². The third kappa shape index (κ3) is 3.24. The molecule has 0 bridgehead atoms. The number of fused-ring (bicyclic) bond motifs is 1. The van der Waals surface area contributed by atoms with Gasteiger partial charge in [-0.1, -0.05) is 0 Å². The maximum absolute atomic E-state index is 12.2. The predicted molar refractivity (Wildman–Crippen MR) is 76.8 cm³/mol. The zero-order chi connectivity index (χ0) is 15.6. The summed E-state index contributed by atoms with van der Waals surface area (Å²) in [4.78, 5) is 36.3. The molecule has 9 heteroatoms. The molecule has 2 amide bonds. The first-order chi connectivity index (χ1) is 9.90. The lowest BCUT2D eigenvalue weighted by Crippen LogP contribution is -2.43. The fourth-order valence-electron chi connectivity index (χ4n) is 1.93. The van der Waals surface area contributed by atoms with Crippen LogP contribution in [0.2, 0.25) is 0 Å². The van der Waals surface area contributed by atoms with Crippen LogP contribution in [0.4, 0.5) is 16.2 Å². The van der Waals surface area contributed by atoms with Gasteiger partial charge in [-0.3, -0.25) is 14.9 Å². The van der Waals surface area contributed by atoms with Crippen LogP contribution >= 0.6 is 11.8 Å². The fourth-order valence-corrected chi connectivity index (χ4v) is 2.91. The number of benzene rings is 1. The molecule has 21 heavy (non-hydrogen) atoms. The number of non-ortho nitro benzene ring substituents is 1. The van der Waals surface area contributed by atoms with E-state index in [1.165, 1.54) is 35.8 Å². The van der Waals surface area contributed by atoms with E-state index in [-0.39, 0.29) is 12.2 Å². The maximum Gasteiger partial charge on any atom is 0.407 e. The summed E-state index contributed by atoms with van der Waals surface area (Å²) in [6.45, 7) is 0.104. The lowest BCUT2D eigenvalue weighted by atomic mass is 10.2. The maximum atomic E-state index is 12.2. The number of nitrogens with zero attached hydrogens (tertiary/aromatic N) is 3. The lowest BCUT2D eigenvalue weighted by molar-refractivity contribution is -0.384. The van der Waals surface area contributed by atoms with Crippen molar-refractivity contribution < 1.29 is 19.6 Å². The molecule has 0 fully saturated rings. The van der Waals surface area contributed by atoms with E-state index < -0.39 is 16.9 Å². The molecule has 0 aromatic heterocycles. The lowest BCUT2D eigenvalue weighted by Gasteiger charge is -2.29. The van der Waals surface area contributed by atoms with Crippen molar-refractivity contribution in [2.45, 2.75) is 4.90 Å². The van der Waals surface area contributed by atoms with Gasteiger partial charge in [-0.15, -0.1) is 11.8 Å². The van der Waals surface area contributed by atoms with E-state index in [1.807, 2.05) is 0 Å². The van der Waals surface area contributed by atoms with Crippen LogP contribution in [0, 0.1) is 10.1 Å². The van der Waals surface area contributed by atoms with Gasteiger partial charge in [0.1, 0.15) is 6.54 Å². The van der Waals surface area contributed by atoms with Crippen molar-refractivity contribution in [1.29, 1.82) is 0 Å². The van der Waals surface area contributed by atoms with Gasteiger partial charge in [0, 0.05) is 36.4 Å². The van der Waals surface area contributed by atoms with E-state index in [1.54, 1.807) is 6.07 Å². The van der Waals surface area contributed by atoms with Crippen LogP contribution in [-0.2, 0) is 4.79 Å². The Hall–Kier alpha value is -2.29. The number of hydrogen-bond donors (Lipinski definition) is 1. The highest BCUT2D eigenvalue weighted by Gasteiger charge is 2.26. The van der Waals surface area contributed by atoms with Crippen molar-refractivity contribution in [3.05, 3.63) is 28.3 Å². The minimum absolute atomic E-state index is 0.0966. The number of amides is 2. The van der Waals surface area contributed by atoms with Gasteiger partial charge in [-0.25, -0.2) is 4.79 Å². The highest BCUT2D eigenvalue weighted by atomic mass is 32.2. The zero-order valence-electron chi connectivity index (χ0n) is 11.2. The van der Waals surface area contributed by atoms with E-state index in [9.17, 15) is 19.7 Å². The molecule has 0 spiro atoms. The number of likely N-dealkylation sites (N-methyl/N-ethyl adjacent to an activating group) is 1. The Labute approximate surface area is 124 Å². The zero-order valence-corrected chi connectivity index (χ0v) is 12.0. The smallest absolute Gasteiger partial charge is 0.407 e. The van der Waals surface area contributed by atoms with Gasteiger partial charge in [-0.05, 0) is 6.07 Å². The first-order valence-corrected chi connectivity index (χ1v) is 7.04. The number of anilines is 1. The molecule has 112 valence electrons. The first-order valence-electron chi connectivity index (χ1n) is 6.06. The van der Waals surface area contributed by atoms with Crippen LogP contribution in [0.25, 0.3) is 0 Å². The van der Waals surface area contributed by atoms with Gasteiger partial charge < -0.3 is 14.9 Å². The molecule has 8 nitrogen and oxygen atoms in total. The minimum atomic E-state index is -1.20. The molecule has 0 saturated heterocycles. The average Bonchev–Trinajstić information content (AvgIpc) is 2.45. The van der Waals surface area contributed by atoms with Gasteiger partial charge in [0.05, 0.1) is 10.6 Å². The van der Waals surface area contributed by atoms with Crippen molar-refractivity contribution in [3.63, 3.8) is 0 Å². The number of nitro benzene ring substituents is 1. The molecule has 1 aromatic carbocycles. The number of thioether (sulfide) groups is 1. The molecule has 1 N–H and O–H groups in total. The summed E-state index contributed by atoms with van der Waals surface area (Å²) < 4.78 is 0. The highest BCUT2D eigenvalue weighted by Crippen LogP contribution is 2.37. The summed E-state index contributed by atoms with van der Waals surface area (Å²) in [7, 11) is 1.30. The topological polar surface area (TPSA) is 104 Å². The first kappa shape index (κ1) is 15.1. The van der Waals surface area contributed by atoms with Gasteiger partial charge >= 0.3 is 6.09 Å². The molecule has 0 atom stereocenters. The van der Waals surface area contributed by atoms with Crippen molar-refractivity contribution in [2.75, 3.05) is 30.8 Å². The Bertz CT molecular complexity index is 607. The second kappa shape index (κ2) is 6.00. The van der Waals surface area contributed by atoms with Crippen LogP contribution in [0.15, 0.2) is 23.1 Å². The number of rotatable bonds is 3. The van der Waals surface area contributed by atoms with Gasteiger partial charge in [0.15, 0.2) is 0 Å². The van der Waals surface area contributed by atoms with Gasteiger partial charge in [0.2, 0.25) is 5.91 Å². The Kier molecular flexibility index (Phi) is 4.32. The molecule has 1 heterocycles. The molecule has 1 aromatic rings. The normalized spacial score (nSPS) is 13.5. The average molecular weight is 311 g/mol. The predicted octanol–water partition coefficient (Wildman–Crippen LogP) is 1.64. The van der Waals surface area contributed by atoms with E-state index in [0.717, 1.165) is 9.80 Å². The largest absolute Gasteiger partial charge is 0.465 e. The van der Waals surface area contributed by atoms with E-state index in [0.29, 0.717) is 18.0 Å². The SMILES string of the molecule is CN(CC(=O)N1CCSc2ccc([N+](=O)[O-])cc21)C(=O)O. The van der Waals surface area contributed by atoms with Crippen LogP contribution in [0.3, 0.4) is 0 Å². The Morgan fingerprint density at radius 2 is 2.24 bits per heavy atom. The van der Waals surface area contributed by atoms with E-state index in [2.05, 4.69) is 0 Å². The summed E-state index contributed by atoms with van der Waals surface area (Å²) in [6.07, 6.45) is -1.20. The molecule has 1 aliphatic rings. The fraction of sp³-hybridized carbons (Fsp3) is 0.333. The molecular formula is C12H13N3O5S. The minimum Gasteiger partial charge on any atom is -0.465 e. The summed E-state index contributed by atoms with van der Waals surface area (Å²) >= 11 is 1.51. The third-order valence-corrected chi connectivity index (χ3v) is 4.06. The monoisotopic (exact) mass is 311 g/mol. The molecule has 1 aliphatic heterocycles. The summed E-state index contributed by atoms with van der Waals surface area (Å²) in [5.41, 5.74) is 0.366. The Morgan fingerprint density at radius 3 is 2.86 bits per heavy atom. The number of carbonyl (C=O) groups excluding carboxylic acids is 1. The summed E-state index contributed by atoms with van der Waals surface area (Å²) in [5, 5.41) is 19.6. The summed E-state index contributed by atoms with van der Waals surface area (Å²) in [6, 6.07) is 4.35. The van der Waals surface area contributed by atoms with E-state index >= 15 is 0 Å². The Balaban J connectivity index is 2.28. The molecule has 2 rings (SSSR count). The van der Waals surface area contributed by atoms with Crippen molar-refractivity contribution in [1.82, 2.24) is 4.90 Å². The summed E-state index contributed by atoms with van der Waals surface area (Å²) in [5.74, 6) is 0.259. The molecular weight excluding hydrogens is 298 g/mol. The van der Waals surface area contributed by atoms with E-state index in [4.69, 9.17) is 5.11 Å². The second-order valence-electron chi connectivity index (χ2n) is 4.44. The quantitative estimate of drug-likeness (QED) is 0.672. The molecule has 0 aliphatic carbocycles. The molecule has 0 radical (unpaired) electrons. The standard InChI is InChI=1S/C12H13N3O5S/c1-13(12(17)18)7-11(16)14-4-5-21-10-3-2-8(15(19)20)6-9(10)14/h2-3,6H,4-5,7H2,1H3,(H,17,18). The molecule has 0 unspecified atom stereocenters. The van der Waals surface area contributed by atoms with Crippen molar-refractivity contribution in [3.8, 4) is 0 Å².